The van der Waals surface area contributed by atoms with E-state index < -0.39 is 5.97 Å². The number of halogens is 2. The van der Waals surface area contributed by atoms with Crippen LogP contribution in [0.5, 0.6) is 0 Å². The minimum absolute atomic E-state index is 0.0202. The highest BCUT2D eigenvalue weighted by Crippen LogP contribution is 2.44. The second-order valence-electron chi connectivity index (χ2n) is 4.05. The van der Waals surface area contributed by atoms with E-state index in [0.717, 1.165) is 26.0 Å². The van der Waals surface area contributed by atoms with Crippen LogP contribution in [0.4, 0.5) is 0 Å². The first-order chi connectivity index (χ1) is 8.56. The van der Waals surface area contributed by atoms with E-state index in [1.807, 2.05) is 6.07 Å². The predicted octanol–water partition coefficient (Wildman–Crippen LogP) is 4.50. The van der Waals surface area contributed by atoms with Crippen molar-refractivity contribution in [3.05, 3.63) is 25.8 Å². The lowest BCUT2D eigenvalue weighted by Crippen LogP contribution is -1.98. The van der Waals surface area contributed by atoms with Crippen molar-refractivity contribution in [2.24, 2.45) is 0 Å². The number of carboxylic acids is 1. The Morgan fingerprint density at radius 1 is 1.50 bits per heavy atom. The van der Waals surface area contributed by atoms with Gasteiger partial charge in [0.15, 0.2) is 0 Å². The number of hydrogen-bond acceptors (Lipinski definition) is 4. The van der Waals surface area contributed by atoms with Crippen LogP contribution >= 0.6 is 43.2 Å². The summed E-state index contributed by atoms with van der Waals surface area (Å²) in [6.07, 6.45) is 1.98. The van der Waals surface area contributed by atoms with Crippen molar-refractivity contribution >= 4 is 49.2 Å². The zero-order valence-corrected chi connectivity index (χ0v) is 12.9. The normalized spacial score (nSPS) is 15.0. The summed E-state index contributed by atoms with van der Waals surface area (Å²) in [7, 11) is 0. The van der Waals surface area contributed by atoms with Gasteiger partial charge in [-0.25, -0.2) is 9.78 Å². The molecule has 0 unspecified atom stereocenters. The van der Waals surface area contributed by atoms with Crippen molar-refractivity contribution in [2.45, 2.75) is 18.8 Å². The second-order valence-corrected chi connectivity index (χ2v) is 7.27. The minimum Gasteiger partial charge on any atom is -0.475 e. The Labute approximate surface area is 123 Å². The Bertz CT molecular complexity index is 611. The largest absolute Gasteiger partial charge is 0.475 e. The minimum atomic E-state index is -1.05. The van der Waals surface area contributed by atoms with Gasteiger partial charge in [0.05, 0.1) is 14.4 Å². The van der Waals surface area contributed by atoms with E-state index in [0.29, 0.717) is 11.6 Å². The van der Waals surface area contributed by atoms with Gasteiger partial charge in [-0.1, -0.05) is 0 Å². The number of thiophene rings is 1. The van der Waals surface area contributed by atoms with Crippen molar-refractivity contribution in [3.8, 4) is 10.8 Å². The maximum absolute atomic E-state index is 11.1. The average molecular weight is 393 g/mol. The number of aromatic carboxylic acids is 1. The monoisotopic (exact) mass is 391 g/mol. The predicted molar refractivity (Wildman–Crippen MR) is 74.2 cm³/mol. The Kier molecular flexibility index (Phi) is 3.07. The molecule has 18 heavy (non-hydrogen) atoms. The molecule has 0 spiro atoms. The van der Waals surface area contributed by atoms with Gasteiger partial charge in [-0.2, -0.15) is 0 Å². The SMILES string of the molecule is O=C(O)c1oc(-c2cc(Br)c(Br)s2)nc1C1CC1. The van der Waals surface area contributed by atoms with Crippen molar-refractivity contribution in [1.82, 2.24) is 4.98 Å². The third kappa shape index (κ3) is 2.15. The summed E-state index contributed by atoms with van der Waals surface area (Å²) in [6, 6.07) is 1.86. The molecule has 1 saturated carbocycles. The number of oxazole rings is 1. The summed E-state index contributed by atoms with van der Waals surface area (Å²) in [4.78, 5) is 16.3. The topological polar surface area (TPSA) is 63.3 Å². The molecule has 0 aromatic carbocycles. The van der Waals surface area contributed by atoms with Gasteiger partial charge in [0.25, 0.3) is 0 Å². The molecule has 1 aliphatic carbocycles. The lowest BCUT2D eigenvalue weighted by Gasteiger charge is -1.89. The molecule has 2 aromatic heterocycles. The van der Waals surface area contributed by atoms with E-state index in [1.165, 1.54) is 11.3 Å². The second kappa shape index (κ2) is 4.47. The van der Waals surface area contributed by atoms with Gasteiger partial charge in [0.2, 0.25) is 11.7 Å². The fourth-order valence-electron chi connectivity index (χ4n) is 1.68. The van der Waals surface area contributed by atoms with Crippen LogP contribution in [-0.4, -0.2) is 16.1 Å². The quantitative estimate of drug-likeness (QED) is 0.834. The molecule has 1 aliphatic rings. The van der Waals surface area contributed by atoms with Gasteiger partial charge >= 0.3 is 5.97 Å². The van der Waals surface area contributed by atoms with E-state index >= 15 is 0 Å². The third-order valence-corrected chi connectivity index (χ3v) is 5.91. The molecular formula is C11H7Br2NO3S. The van der Waals surface area contributed by atoms with Gasteiger partial charge < -0.3 is 9.52 Å². The fraction of sp³-hybridized carbons (Fsp3) is 0.273. The number of nitrogens with zero attached hydrogens (tertiary/aromatic N) is 1. The maximum Gasteiger partial charge on any atom is 0.373 e. The summed E-state index contributed by atoms with van der Waals surface area (Å²) in [5.41, 5.74) is 0.582. The summed E-state index contributed by atoms with van der Waals surface area (Å²) in [5.74, 6) is -0.440. The molecule has 0 atom stereocenters. The first-order valence-corrected chi connectivity index (χ1v) is 7.65. The van der Waals surface area contributed by atoms with Gasteiger partial charge in [-0.15, -0.1) is 11.3 Å². The summed E-state index contributed by atoms with van der Waals surface area (Å²) < 4.78 is 7.23. The molecule has 94 valence electrons. The molecule has 7 heteroatoms. The van der Waals surface area contributed by atoms with E-state index in [1.54, 1.807) is 0 Å². The molecule has 3 rings (SSSR count). The van der Waals surface area contributed by atoms with Crippen molar-refractivity contribution < 1.29 is 14.3 Å². The Hall–Kier alpha value is -0.660. The van der Waals surface area contributed by atoms with Crippen LogP contribution in [0.1, 0.15) is 35.0 Å². The fourth-order valence-corrected chi connectivity index (χ4v) is 3.64. The molecule has 0 saturated heterocycles. The van der Waals surface area contributed by atoms with Crippen LogP contribution in [0.25, 0.3) is 10.8 Å². The molecule has 2 heterocycles. The first kappa shape index (κ1) is 12.4. The van der Waals surface area contributed by atoms with Crippen molar-refractivity contribution in [2.75, 3.05) is 0 Å². The smallest absolute Gasteiger partial charge is 0.373 e. The molecular weight excluding hydrogens is 386 g/mol. The Morgan fingerprint density at radius 3 is 2.72 bits per heavy atom. The van der Waals surface area contributed by atoms with Crippen LogP contribution in [0.2, 0.25) is 0 Å². The average Bonchev–Trinajstić information content (AvgIpc) is 2.97. The highest BCUT2D eigenvalue weighted by Gasteiger charge is 2.34. The zero-order chi connectivity index (χ0) is 12.9. The van der Waals surface area contributed by atoms with Crippen LogP contribution in [0, 0.1) is 0 Å². The van der Waals surface area contributed by atoms with E-state index in [4.69, 9.17) is 9.52 Å². The highest BCUT2D eigenvalue weighted by molar-refractivity contribution is 9.13. The lowest BCUT2D eigenvalue weighted by atomic mass is 10.2. The van der Waals surface area contributed by atoms with Crippen molar-refractivity contribution in [3.63, 3.8) is 0 Å². The highest BCUT2D eigenvalue weighted by atomic mass is 79.9. The Morgan fingerprint density at radius 2 is 2.22 bits per heavy atom. The molecule has 0 amide bonds. The summed E-state index contributed by atoms with van der Waals surface area (Å²) in [6.45, 7) is 0. The molecule has 0 radical (unpaired) electrons. The van der Waals surface area contributed by atoms with E-state index in [-0.39, 0.29) is 11.7 Å². The van der Waals surface area contributed by atoms with Gasteiger partial charge in [-0.3, -0.25) is 0 Å². The van der Waals surface area contributed by atoms with Gasteiger partial charge in [0, 0.05) is 10.4 Å². The summed E-state index contributed by atoms with van der Waals surface area (Å²) in [5, 5.41) is 9.11. The zero-order valence-electron chi connectivity index (χ0n) is 8.94. The van der Waals surface area contributed by atoms with Gasteiger partial charge in [0.1, 0.15) is 0 Å². The van der Waals surface area contributed by atoms with Crippen LogP contribution in [0.15, 0.2) is 18.7 Å². The number of carbonyl (C=O) groups is 1. The molecule has 1 N–H and O–H groups in total. The summed E-state index contributed by atoms with van der Waals surface area (Å²) >= 11 is 8.24. The van der Waals surface area contributed by atoms with Crippen LogP contribution < -0.4 is 0 Å². The molecule has 1 fully saturated rings. The molecule has 0 aliphatic heterocycles. The number of aromatic nitrogens is 1. The Balaban J connectivity index is 2.07. The van der Waals surface area contributed by atoms with Crippen LogP contribution in [0.3, 0.4) is 0 Å². The number of carboxylic acid groups (broad SMARTS) is 1. The third-order valence-electron chi connectivity index (χ3n) is 2.67. The van der Waals surface area contributed by atoms with Crippen molar-refractivity contribution in [1.29, 1.82) is 0 Å². The first-order valence-electron chi connectivity index (χ1n) is 5.25. The molecule has 4 nitrogen and oxygen atoms in total. The standard InChI is InChI=1S/C11H7Br2NO3S/c12-5-3-6(18-9(5)13)10-14-7(4-1-2-4)8(17-10)11(15)16/h3-4H,1-2H2,(H,15,16). The van der Waals surface area contributed by atoms with E-state index in [2.05, 4.69) is 36.8 Å². The number of rotatable bonds is 3. The lowest BCUT2D eigenvalue weighted by molar-refractivity contribution is 0.0661. The molecule has 2 aromatic rings. The maximum atomic E-state index is 11.1. The van der Waals surface area contributed by atoms with Crippen LogP contribution in [-0.2, 0) is 0 Å². The van der Waals surface area contributed by atoms with E-state index in [9.17, 15) is 4.79 Å². The molecule has 0 bridgehead atoms. The number of hydrogen-bond donors (Lipinski definition) is 1. The van der Waals surface area contributed by atoms with Gasteiger partial charge in [-0.05, 0) is 50.8 Å².